The maximum Gasteiger partial charge on any atom is 0.410 e. The van der Waals surface area contributed by atoms with Crippen molar-refractivity contribution in [2.45, 2.75) is 25.5 Å². The van der Waals surface area contributed by atoms with Crippen LogP contribution in [-0.4, -0.2) is 37.7 Å². The van der Waals surface area contributed by atoms with Crippen molar-refractivity contribution in [3.05, 3.63) is 35.9 Å². The summed E-state index contributed by atoms with van der Waals surface area (Å²) in [6, 6.07) is 9.22. The first-order chi connectivity index (χ1) is 10.1. The van der Waals surface area contributed by atoms with Gasteiger partial charge in [0.25, 0.3) is 11.6 Å². The monoisotopic (exact) mass is 294 g/mol. The van der Waals surface area contributed by atoms with Crippen LogP contribution in [-0.2, 0) is 25.6 Å². The fourth-order valence-corrected chi connectivity index (χ4v) is 1.98. The van der Waals surface area contributed by atoms with Crippen LogP contribution in [0.2, 0.25) is 0 Å². The lowest BCUT2D eigenvalue weighted by Gasteiger charge is -2.45. The summed E-state index contributed by atoms with van der Waals surface area (Å²) < 4.78 is 15.5. The van der Waals surface area contributed by atoms with Gasteiger partial charge in [0.2, 0.25) is 0 Å². The highest BCUT2D eigenvalue weighted by Gasteiger charge is 2.59. The van der Waals surface area contributed by atoms with Gasteiger partial charge in [-0.3, -0.25) is 10.1 Å². The van der Waals surface area contributed by atoms with Gasteiger partial charge in [-0.1, -0.05) is 30.3 Å². The molecule has 1 aromatic carbocycles. The highest BCUT2D eigenvalue weighted by molar-refractivity contribution is 5.94. The van der Waals surface area contributed by atoms with E-state index >= 15 is 0 Å². The van der Waals surface area contributed by atoms with Crippen LogP contribution in [0.15, 0.2) is 30.3 Å². The second-order valence-electron chi connectivity index (χ2n) is 4.44. The molecule has 1 aromatic rings. The second-order valence-corrected chi connectivity index (χ2v) is 4.44. The fraction of sp³-hybridized carbons (Fsp3) is 0.429. The molecule has 0 radical (unpaired) electrons. The Morgan fingerprint density at radius 1 is 1.38 bits per heavy atom. The Labute approximate surface area is 122 Å². The Kier molecular flexibility index (Phi) is 4.77. The van der Waals surface area contributed by atoms with Gasteiger partial charge >= 0.3 is 6.09 Å². The Morgan fingerprint density at radius 3 is 2.67 bits per heavy atom. The number of alkyl carbamates (subject to hydrolysis) is 1. The summed E-state index contributed by atoms with van der Waals surface area (Å²) in [7, 11) is 1.32. The lowest BCUT2D eigenvalue weighted by Crippen LogP contribution is -2.80. The average molecular weight is 294 g/mol. The van der Waals surface area contributed by atoms with Crippen molar-refractivity contribution in [2.75, 3.05) is 13.7 Å². The lowest BCUT2D eigenvalue weighted by molar-refractivity contribution is -0.212. The molecule has 1 unspecified atom stereocenters. The van der Waals surface area contributed by atoms with E-state index in [0.717, 1.165) is 5.56 Å². The largest absolute Gasteiger partial charge is 0.445 e. The van der Waals surface area contributed by atoms with Gasteiger partial charge in [0, 0.05) is 13.7 Å². The molecular weight excluding hydrogens is 276 g/mol. The average Bonchev–Trinajstić information content (AvgIpc) is 2.51. The number of rotatable bonds is 6. The molecule has 0 aromatic heterocycles. The highest BCUT2D eigenvalue weighted by Crippen LogP contribution is 2.23. The second kappa shape index (κ2) is 6.55. The van der Waals surface area contributed by atoms with E-state index in [1.54, 1.807) is 6.92 Å². The molecule has 7 heteroatoms. The predicted molar refractivity (Wildman–Crippen MR) is 73.1 cm³/mol. The number of hydrogen-bond donors (Lipinski definition) is 2. The Balaban J connectivity index is 1.92. The first-order valence-electron chi connectivity index (χ1n) is 6.59. The van der Waals surface area contributed by atoms with Crippen molar-refractivity contribution in [1.29, 1.82) is 0 Å². The first-order valence-corrected chi connectivity index (χ1v) is 6.59. The zero-order valence-corrected chi connectivity index (χ0v) is 11.9. The van der Waals surface area contributed by atoms with Crippen LogP contribution < -0.4 is 10.6 Å². The van der Waals surface area contributed by atoms with Gasteiger partial charge in [0.05, 0.1) is 0 Å². The minimum Gasteiger partial charge on any atom is -0.445 e. The molecule has 2 atom stereocenters. The van der Waals surface area contributed by atoms with E-state index < -0.39 is 24.0 Å². The van der Waals surface area contributed by atoms with Crippen molar-refractivity contribution >= 4 is 12.0 Å². The van der Waals surface area contributed by atoms with Crippen LogP contribution >= 0.6 is 0 Å². The van der Waals surface area contributed by atoms with Crippen LogP contribution in [0.1, 0.15) is 12.5 Å². The number of carbonyl (C=O) groups is 2. The highest BCUT2D eigenvalue weighted by atomic mass is 16.6. The Hall–Kier alpha value is -2.12. The van der Waals surface area contributed by atoms with Crippen molar-refractivity contribution in [2.24, 2.45) is 0 Å². The quantitative estimate of drug-likeness (QED) is 0.597. The number of methoxy groups -OCH3 is 1. The Morgan fingerprint density at radius 2 is 2.10 bits per heavy atom. The number of amides is 2. The molecule has 1 saturated heterocycles. The van der Waals surface area contributed by atoms with E-state index in [4.69, 9.17) is 14.2 Å². The molecule has 1 fully saturated rings. The minimum atomic E-state index is -1.54. The maximum absolute atomic E-state index is 11.8. The molecule has 1 aliphatic heterocycles. The van der Waals surface area contributed by atoms with Crippen LogP contribution in [0.5, 0.6) is 0 Å². The smallest absolute Gasteiger partial charge is 0.410 e. The standard InChI is InChI=1S/C14H18N2O5/c1-3-20-12-14(19-2,11(17)15-12)16-13(18)21-9-10-7-5-4-6-8-10/h4-8,12H,3,9H2,1-2H3,(H,15,17)(H,16,18)/t12?,14-/m1/s1. The Bertz CT molecular complexity index is 507. The topological polar surface area (TPSA) is 85.9 Å². The van der Waals surface area contributed by atoms with Gasteiger partial charge in [-0.25, -0.2) is 4.79 Å². The number of nitrogens with one attached hydrogen (secondary N) is 2. The fourth-order valence-electron chi connectivity index (χ4n) is 1.98. The van der Waals surface area contributed by atoms with Crippen LogP contribution in [0.4, 0.5) is 4.79 Å². The first kappa shape index (κ1) is 15.3. The summed E-state index contributed by atoms with van der Waals surface area (Å²) in [6.45, 7) is 2.25. The van der Waals surface area contributed by atoms with Crippen LogP contribution in [0, 0.1) is 0 Å². The zero-order chi connectivity index (χ0) is 15.3. The van der Waals surface area contributed by atoms with E-state index in [-0.39, 0.29) is 6.61 Å². The normalized spacial score (nSPS) is 23.9. The van der Waals surface area contributed by atoms with E-state index in [9.17, 15) is 9.59 Å². The molecule has 114 valence electrons. The third-order valence-electron chi connectivity index (χ3n) is 3.12. The number of β-lactam (4-membered cyclic amide) rings is 1. The molecule has 0 bridgehead atoms. The third kappa shape index (κ3) is 3.14. The van der Waals surface area contributed by atoms with E-state index in [0.29, 0.717) is 6.61 Å². The van der Waals surface area contributed by atoms with Crippen LogP contribution in [0.3, 0.4) is 0 Å². The van der Waals surface area contributed by atoms with Gasteiger partial charge in [0.15, 0.2) is 6.23 Å². The van der Waals surface area contributed by atoms with Gasteiger partial charge in [-0.2, -0.15) is 0 Å². The summed E-state index contributed by atoms with van der Waals surface area (Å²) in [6.07, 6.45) is -1.48. The number of benzene rings is 1. The zero-order valence-electron chi connectivity index (χ0n) is 11.9. The van der Waals surface area contributed by atoms with Crippen molar-refractivity contribution in [1.82, 2.24) is 10.6 Å². The van der Waals surface area contributed by atoms with Gasteiger partial charge in [-0.15, -0.1) is 0 Å². The van der Waals surface area contributed by atoms with Gasteiger partial charge in [0.1, 0.15) is 6.61 Å². The predicted octanol–water partition coefficient (Wildman–Crippen LogP) is 0.748. The minimum absolute atomic E-state index is 0.105. The van der Waals surface area contributed by atoms with E-state index in [1.807, 2.05) is 30.3 Å². The molecule has 1 aliphatic rings. The molecule has 2 rings (SSSR count). The summed E-state index contributed by atoms with van der Waals surface area (Å²) in [5, 5.41) is 4.92. The van der Waals surface area contributed by atoms with Crippen molar-refractivity contribution < 1.29 is 23.8 Å². The molecule has 7 nitrogen and oxygen atoms in total. The molecular formula is C14H18N2O5. The molecule has 2 amide bonds. The summed E-state index contributed by atoms with van der Waals surface area (Å²) in [5.41, 5.74) is -0.692. The molecule has 2 N–H and O–H groups in total. The molecule has 0 saturated carbocycles. The van der Waals surface area contributed by atoms with Crippen LogP contribution in [0.25, 0.3) is 0 Å². The van der Waals surface area contributed by atoms with E-state index in [1.165, 1.54) is 7.11 Å². The SMILES string of the molecule is CCOC1NC(=O)[C@@]1(NC(=O)OCc1ccccc1)OC. The summed E-state index contributed by atoms with van der Waals surface area (Å²) in [4.78, 5) is 23.5. The lowest BCUT2D eigenvalue weighted by atomic mass is 10.0. The molecule has 0 spiro atoms. The van der Waals surface area contributed by atoms with Crippen molar-refractivity contribution in [3.63, 3.8) is 0 Å². The maximum atomic E-state index is 11.8. The number of ether oxygens (including phenoxy) is 3. The molecule has 0 aliphatic carbocycles. The number of carbonyl (C=O) groups excluding carboxylic acids is 2. The third-order valence-corrected chi connectivity index (χ3v) is 3.12. The summed E-state index contributed by atoms with van der Waals surface area (Å²) in [5.74, 6) is -0.472. The summed E-state index contributed by atoms with van der Waals surface area (Å²) >= 11 is 0. The van der Waals surface area contributed by atoms with Gasteiger partial charge in [-0.05, 0) is 12.5 Å². The number of hydrogen-bond acceptors (Lipinski definition) is 5. The molecule has 1 heterocycles. The van der Waals surface area contributed by atoms with Gasteiger partial charge < -0.3 is 19.5 Å². The molecule has 21 heavy (non-hydrogen) atoms. The van der Waals surface area contributed by atoms with Crippen molar-refractivity contribution in [3.8, 4) is 0 Å². The van der Waals surface area contributed by atoms with E-state index in [2.05, 4.69) is 10.6 Å².